The lowest BCUT2D eigenvalue weighted by Crippen LogP contribution is -2.13. The van der Waals surface area contributed by atoms with Gasteiger partial charge in [-0.25, -0.2) is 4.79 Å². The van der Waals surface area contributed by atoms with Gasteiger partial charge in [0.25, 0.3) is 0 Å². The molecule has 0 amide bonds. The molecule has 1 rings (SSSR count). The maximum Gasteiger partial charge on any atom is 0.343 e. The third kappa shape index (κ3) is 2.47. The number of nitriles is 1. The Kier molecular flexibility index (Phi) is 3.29. The normalized spacial score (nSPS) is 11.5. The molecule has 0 bridgehead atoms. The first-order valence-electron chi connectivity index (χ1n) is 4.45. The summed E-state index contributed by atoms with van der Waals surface area (Å²) in [4.78, 5) is 11.5. The molecule has 4 heteroatoms. The average Bonchev–Trinajstić information content (AvgIpc) is 2.21. The van der Waals surface area contributed by atoms with Crippen LogP contribution in [0.3, 0.4) is 0 Å². The van der Waals surface area contributed by atoms with Gasteiger partial charge < -0.3 is 9.84 Å². The van der Waals surface area contributed by atoms with Gasteiger partial charge in [-0.2, -0.15) is 5.26 Å². The highest BCUT2D eigenvalue weighted by Crippen LogP contribution is 2.22. The maximum absolute atomic E-state index is 11.5. The van der Waals surface area contributed by atoms with Crippen molar-refractivity contribution in [3.8, 4) is 11.8 Å². The first-order valence-corrected chi connectivity index (χ1v) is 4.45. The van der Waals surface area contributed by atoms with Gasteiger partial charge in [-0.05, 0) is 25.5 Å². The monoisotopic (exact) mass is 205 g/mol. The molecule has 0 radical (unpaired) electrons. The molecule has 0 aliphatic carbocycles. The minimum Gasteiger partial charge on any atom is -0.507 e. The number of benzene rings is 1. The first kappa shape index (κ1) is 11.1. The third-order valence-electron chi connectivity index (χ3n) is 1.92. The van der Waals surface area contributed by atoms with Crippen molar-refractivity contribution in [1.82, 2.24) is 0 Å². The molecule has 4 nitrogen and oxygen atoms in total. The molecule has 1 atom stereocenters. The molecule has 1 aromatic rings. The quantitative estimate of drug-likeness (QED) is 0.747. The van der Waals surface area contributed by atoms with E-state index >= 15 is 0 Å². The fourth-order valence-electron chi connectivity index (χ4n) is 1.07. The second-order valence-electron chi connectivity index (χ2n) is 3.15. The number of carbonyl (C=O) groups is 1. The number of rotatable bonds is 2. The third-order valence-corrected chi connectivity index (χ3v) is 1.92. The van der Waals surface area contributed by atoms with E-state index in [0.717, 1.165) is 0 Å². The van der Waals surface area contributed by atoms with E-state index in [2.05, 4.69) is 0 Å². The Bertz CT molecular complexity index is 420. The van der Waals surface area contributed by atoms with E-state index in [1.165, 1.54) is 13.0 Å². The van der Waals surface area contributed by atoms with Crippen LogP contribution in [0, 0.1) is 18.3 Å². The van der Waals surface area contributed by atoms with E-state index in [1.807, 2.05) is 0 Å². The average molecular weight is 205 g/mol. The Balaban J connectivity index is 2.93. The molecule has 0 aliphatic rings. The SMILES string of the molecule is Cc1cccc(C(=O)OC(C)C#N)c1O. The van der Waals surface area contributed by atoms with E-state index in [1.54, 1.807) is 25.1 Å². The van der Waals surface area contributed by atoms with Gasteiger partial charge in [0, 0.05) is 0 Å². The Morgan fingerprint density at radius 3 is 2.87 bits per heavy atom. The molecule has 1 N–H and O–H groups in total. The number of hydrogen-bond donors (Lipinski definition) is 1. The Labute approximate surface area is 87.7 Å². The van der Waals surface area contributed by atoms with Crippen molar-refractivity contribution in [2.75, 3.05) is 0 Å². The molecule has 1 aromatic carbocycles. The molecule has 15 heavy (non-hydrogen) atoms. The van der Waals surface area contributed by atoms with Crippen LogP contribution in [0.5, 0.6) is 5.75 Å². The van der Waals surface area contributed by atoms with Crippen LogP contribution in [0.15, 0.2) is 18.2 Å². The predicted octanol–water partition coefficient (Wildman–Crippen LogP) is 1.77. The number of nitrogens with zero attached hydrogens (tertiary/aromatic N) is 1. The first-order chi connectivity index (χ1) is 7.06. The summed E-state index contributed by atoms with van der Waals surface area (Å²) in [5.74, 6) is -0.794. The van der Waals surface area contributed by atoms with Gasteiger partial charge in [0.2, 0.25) is 0 Å². The van der Waals surface area contributed by atoms with Crippen LogP contribution in [0.2, 0.25) is 0 Å². The summed E-state index contributed by atoms with van der Waals surface area (Å²) < 4.78 is 4.76. The molecule has 0 aliphatic heterocycles. The zero-order chi connectivity index (χ0) is 11.4. The van der Waals surface area contributed by atoms with Crippen LogP contribution in [0.1, 0.15) is 22.8 Å². The molecule has 0 saturated carbocycles. The summed E-state index contributed by atoms with van der Waals surface area (Å²) in [5.41, 5.74) is 0.672. The van der Waals surface area contributed by atoms with Crippen molar-refractivity contribution < 1.29 is 14.6 Å². The second-order valence-corrected chi connectivity index (χ2v) is 3.15. The summed E-state index contributed by atoms with van der Waals surface area (Å²) >= 11 is 0. The highest BCUT2D eigenvalue weighted by Gasteiger charge is 2.16. The lowest BCUT2D eigenvalue weighted by atomic mass is 10.1. The van der Waals surface area contributed by atoms with E-state index in [4.69, 9.17) is 10.00 Å². The number of ether oxygens (including phenoxy) is 1. The van der Waals surface area contributed by atoms with Gasteiger partial charge in [0.1, 0.15) is 17.4 Å². The number of para-hydroxylation sites is 1. The van der Waals surface area contributed by atoms with Crippen LogP contribution in [-0.2, 0) is 4.74 Å². The maximum atomic E-state index is 11.5. The van der Waals surface area contributed by atoms with Crippen LogP contribution >= 0.6 is 0 Å². The molecule has 1 unspecified atom stereocenters. The molecule has 0 saturated heterocycles. The minimum atomic E-state index is -0.822. The molecule has 0 aromatic heterocycles. The van der Waals surface area contributed by atoms with Crippen LogP contribution in [0.4, 0.5) is 0 Å². The molecule has 0 spiro atoms. The Hall–Kier alpha value is -2.02. The van der Waals surface area contributed by atoms with Gasteiger partial charge >= 0.3 is 5.97 Å². The molecule has 0 fully saturated rings. The fourth-order valence-corrected chi connectivity index (χ4v) is 1.07. The Morgan fingerprint density at radius 2 is 2.27 bits per heavy atom. The molecular formula is C11H11NO3. The zero-order valence-corrected chi connectivity index (χ0v) is 8.52. The standard InChI is InChI=1S/C11H11NO3/c1-7-4-3-5-9(10(7)13)11(14)15-8(2)6-12/h3-5,8,13H,1-2H3. The number of phenolic OH excluding ortho intramolecular Hbond substituents is 1. The van der Waals surface area contributed by atoms with Crippen LogP contribution in [-0.4, -0.2) is 17.2 Å². The van der Waals surface area contributed by atoms with E-state index in [9.17, 15) is 9.90 Å². The van der Waals surface area contributed by atoms with Gasteiger partial charge in [-0.15, -0.1) is 0 Å². The largest absolute Gasteiger partial charge is 0.507 e. The summed E-state index contributed by atoms with van der Waals surface area (Å²) in [6.07, 6.45) is -0.822. The number of aryl methyl sites for hydroxylation is 1. The van der Waals surface area contributed by atoms with E-state index in [-0.39, 0.29) is 11.3 Å². The van der Waals surface area contributed by atoms with Crippen LogP contribution < -0.4 is 0 Å². The van der Waals surface area contributed by atoms with Crippen LogP contribution in [0.25, 0.3) is 0 Å². The highest BCUT2D eigenvalue weighted by molar-refractivity contribution is 5.93. The number of aromatic hydroxyl groups is 1. The summed E-state index contributed by atoms with van der Waals surface area (Å²) in [6.45, 7) is 3.14. The number of esters is 1. The van der Waals surface area contributed by atoms with Crippen molar-refractivity contribution in [1.29, 1.82) is 5.26 Å². The van der Waals surface area contributed by atoms with Crippen molar-refractivity contribution in [2.45, 2.75) is 20.0 Å². The summed E-state index contributed by atoms with van der Waals surface area (Å²) in [6, 6.07) is 6.55. The number of phenols is 1. The van der Waals surface area contributed by atoms with E-state index in [0.29, 0.717) is 5.56 Å². The number of carbonyl (C=O) groups excluding carboxylic acids is 1. The van der Waals surface area contributed by atoms with Crippen molar-refractivity contribution in [3.63, 3.8) is 0 Å². The topological polar surface area (TPSA) is 70.3 Å². The lowest BCUT2D eigenvalue weighted by molar-refractivity contribution is 0.0432. The number of hydrogen-bond acceptors (Lipinski definition) is 4. The zero-order valence-electron chi connectivity index (χ0n) is 8.52. The van der Waals surface area contributed by atoms with Gasteiger partial charge in [-0.3, -0.25) is 0 Å². The summed E-state index contributed by atoms with van der Waals surface area (Å²) in [7, 11) is 0. The Morgan fingerprint density at radius 1 is 1.60 bits per heavy atom. The molecule has 78 valence electrons. The van der Waals surface area contributed by atoms with Gasteiger partial charge in [-0.1, -0.05) is 12.1 Å². The summed E-state index contributed by atoms with van der Waals surface area (Å²) in [5, 5.41) is 18.0. The van der Waals surface area contributed by atoms with Crippen molar-refractivity contribution >= 4 is 5.97 Å². The smallest absolute Gasteiger partial charge is 0.343 e. The predicted molar refractivity (Wildman–Crippen MR) is 53.3 cm³/mol. The van der Waals surface area contributed by atoms with Gasteiger partial charge in [0.05, 0.1) is 0 Å². The van der Waals surface area contributed by atoms with Crippen molar-refractivity contribution in [2.24, 2.45) is 0 Å². The molecular weight excluding hydrogens is 194 g/mol. The molecule has 0 heterocycles. The highest BCUT2D eigenvalue weighted by atomic mass is 16.5. The fraction of sp³-hybridized carbons (Fsp3) is 0.273. The lowest BCUT2D eigenvalue weighted by Gasteiger charge is -2.08. The minimum absolute atomic E-state index is 0.0806. The second kappa shape index (κ2) is 4.47. The van der Waals surface area contributed by atoms with Gasteiger partial charge in [0.15, 0.2) is 6.10 Å². The van der Waals surface area contributed by atoms with Crippen molar-refractivity contribution in [3.05, 3.63) is 29.3 Å². The van der Waals surface area contributed by atoms with E-state index < -0.39 is 12.1 Å².